The molecule has 0 fully saturated rings. The molecule has 0 amide bonds. The number of rotatable bonds is 7. The molecule has 4 heteroatoms. The van der Waals surface area contributed by atoms with Crippen molar-refractivity contribution in [1.29, 1.82) is 0 Å². The maximum atomic E-state index is 5.57. The highest BCUT2D eigenvalue weighted by atomic mass is 16.5. The van der Waals surface area contributed by atoms with Gasteiger partial charge >= 0.3 is 0 Å². The van der Waals surface area contributed by atoms with Gasteiger partial charge in [0, 0.05) is 32.8 Å². The topological polar surface area (TPSA) is 73.3 Å². The predicted octanol–water partition coefficient (Wildman–Crippen LogP) is -1.10. The Morgan fingerprint density at radius 1 is 1.55 bits per heavy atom. The maximum Gasteiger partial charge on any atom is 0.0474 e. The Balaban J connectivity index is 2.89. The third-order valence-electron chi connectivity index (χ3n) is 1.41. The first kappa shape index (κ1) is 10.8. The van der Waals surface area contributed by atoms with Crippen molar-refractivity contribution < 1.29 is 4.74 Å². The first-order chi connectivity index (χ1) is 5.31. The van der Waals surface area contributed by atoms with Gasteiger partial charge in [0.1, 0.15) is 0 Å². The third-order valence-corrected chi connectivity index (χ3v) is 1.41. The predicted molar refractivity (Wildman–Crippen MR) is 46.4 cm³/mol. The Hall–Kier alpha value is -0.160. The lowest BCUT2D eigenvalue weighted by Gasteiger charge is -2.09. The fourth-order valence-corrected chi connectivity index (χ4v) is 0.712. The Morgan fingerprint density at radius 2 is 2.27 bits per heavy atom. The molecule has 11 heavy (non-hydrogen) atoms. The average molecular weight is 161 g/mol. The fourth-order valence-electron chi connectivity index (χ4n) is 0.712. The van der Waals surface area contributed by atoms with E-state index in [4.69, 9.17) is 16.2 Å². The van der Waals surface area contributed by atoms with Gasteiger partial charge in [-0.1, -0.05) is 0 Å². The molecule has 0 saturated carbocycles. The fraction of sp³-hybridized carbons (Fsp3) is 1.00. The second kappa shape index (κ2) is 7.94. The van der Waals surface area contributed by atoms with Gasteiger partial charge in [-0.05, 0) is 13.0 Å². The van der Waals surface area contributed by atoms with E-state index >= 15 is 0 Å². The van der Waals surface area contributed by atoms with Crippen LogP contribution < -0.4 is 16.8 Å². The van der Waals surface area contributed by atoms with Crippen molar-refractivity contribution in [3.05, 3.63) is 0 Å². The second-order valence-corrected chi connectivity index (χ2v) is 2.55. The number of nitrogens with two attached hydrogens (primary N) is 2. The molecule has 0 radical (unpaired) electrons. The minimum atomic E-state index is 0.0811. The molecule has 68 valence electrons. The summed E-state index contributed by atoms with van der Waals surface area (Å²) in [6, 6.07) is 0.0811. The molecule has 1 atom stereocenters. The third kappa shape index (κ3) is 7.74. The molecule has 0 aromatic heterocycles. The Labute approximate surface area is 68.3 Å². The first-order valence-corrected chi connectivity index (χ1v) is 3.96. The molecular formula is C7H19N3O. The van der Waals surface area contributed by atoms with E-state index in [0.717, 1.165) is 26.1 Å². The SMILES string of the molecule is COCCCNCC(N)CN. The van der Waals surface area contributed by atoms with Gasteiger partial charge in [-0.3, -0.25) is 0 Å². The van der Waals surface area contributed by atoms with Crippen LogP contribution in [0, 0.1) is 0 Å². The summed E-state index contributed by atoms with van der Waals surface area (Å²) in [7, 11) is 1.70. The monoisotopic (exact) mass is 161 g/mol. The van der Waals surface area contributed by atoms with Crippen LogP contribution in [0.3, 0.4) is 0 Å². The van der Waals surface area contributed by atoms with Gasteiger partial charge < -0.3 is 21.5 Å². The molecule has 0 aromatic carbocycles. The number of nitrogens with one attached hydrogen (secondary N) is 1. The van der Waals surface area contributed by atoms with Gasteiger partial charge in [0.25, 0.3) is 0 Å². The molecule has 5 N–H and O–H groups in total. The highest BCUT2D eigenvalue weighted by Crippen LogP contribution is 1.77. The van der Waals surface area contributed by atoms with Gasteiger partial charge in [-0.2, -0.15) is 0 Å². The van der Waals surface area contributed by atoms with Crippen LogP contribution in [0.25, 0.3) is 0 Å². The summed E-state index contributed by atoms with van der Waals surface area (Å²) in [4.78, 5) is 0. The lowest BCUT2D eigenvalue weighted by atomic mass is 10.3. The summed E-state index contributed by atoms with van der Waals surface area (Å²) in [5, 5.41) is 3.19. The highest BCUT2D eigenvalue weighted by Gasteiger charge is 1.96. The van der Waals surface area contributed by atoms with Crippen molar-refractivity contribution in [2.45, 2.75) is 12.5 Å². The molecular weight excluding hydrogens is 142 g/mol. The highest BCUT2D eigenvalue weighted by molar-refractivity contribution is 4.64. The molecule has 0 heterocycles. The molecule has 4 nitrogen and oxygen atoms in total. The van der Waals surface area contributed by atoms with Crippen LogP contribution in [0.15, 0.2) is 0 Å². The second-order valence-electron chi connectivity index (χ2n) is 2.55. The normalized spacial score (nSPS) is 13.4. The van der Waals surface area contributed by atoms with E-state index in [1.165, 1.54) is 0 Å². The van der Waals surface area contributed by atoms with E-state index in [-0.39, 0.29) is 6.04 Å². The van der Waals surface area contributed by atoms with Crippen LogP contribution in [-0.2, 0) is 4.74 Å². The maximum absolute atomic E-state index is 5.57. The average Bonchev–Trinajstić information content (AvgIpc) is 2.04. The van der Waals surface area contributed by atoms with Gasteiger partial charge in [-0.15, -0.1) is 0 Å². The standard InChI is InChI=1S/C7H19N3O/c1-11-4-2-3-10-6-7(9)5-8/h7,10H,2-6,8-9H2,1H3. The molecule has 0 aromatic rings. The number of ether oxygens (including phenoxy) is 1. The smallest absolute Gasteiger partial charge is 0.0474 e. The molecule has 0 spiro atoms. The summed E-state index contributed by atoms with van der Waals surface area (Å²) in [6.45, 7) is 3.07. The first-order valence-electron chi connectivity index (χ1n) is 3.96. The van der Waals surface area contributed by atoms with Crippen LogP contribution in [0.1, 0.15) is 6.42 Å². The van der Waals surface area contributed by atoms with Crippen molar-refractivity contribution in [3.8, 4) is 0 Å². The van der Waals surface area contributed by atoms with E-state index < -0.39 is 0 Å². The van der Waals surface area contributed by atoms with Crippen LogP contribution in [0.2, 0.25) is 0 Å². The summed E-state index contributed by atoms with van der Waals surface area (Å²) in [6.07, 6.45) is 1.02. The number of hydrogen-bond donors (Lipinski definition) is 3. The summed E-state index contributed by atoms with van der Waals surface area (Å²) < 4.78 is 4.88. The van der Waals surface area contributed by atoms with E-state index in [9.17, 15) is 0 Å². The zero-order valence-electron chi connectivity index (χ0n) is 7.18. The van der Waals surface area contributed by atoms with Crippen molar-refractivity contribution in [2.24, 2.45) is 11.5 Å². The van der Waals surface area contributed by atoms with E-state index in [0.29, 0.717) is 6.54 Å². The van der Waals surface area contributed by atoms with Crippen LogP contribution in [-0.4, -0.2) is 39.4 Å². The molecule has 0 aliphatic carbocycles. The Morgan fingerprint density at radius 3 is 2.82 bits per heavy atom. The van der Waals surface area contributed by atoms with Crippen LogP contribution in [0.5, 0.6) is 0 Å². The Bertz CT molecular complexity index is 80.1. The number of hydrogen-bond acceptors (Lipinski definition) is 4. The summed E-state index contributed by atoms with van der Waals surface area (Å²) in [5.74, 6) is 0. The zero-order chi connectivity index (χ0) is 8.53. The van der Waals surface area contributed by atoms with Crippen molar-refractivity contribution in [3.63, 3.8) is 0 Å². The quantitative estimate of drug-likeness (QED) is 0.414. The molecule has 0 bridgehead atoms. The lowest BCUT2D eigenvalue weighted by Crippen LogP contribution is -2.40. The van der Waals surface area contributed by atoms with E-state index in [1.54, 1.807) is 7.11 Å². The molecule has 0 aliphatic heterocycles. The van der Waals surface area contributed by atoms with Gasteiger partial charge in [0.2, 0.25) is 0 Å². The summed E-state index contributed by atoms with van der Waals surface area (Å²) >= 11 is 0. The van der Waals surface area contributed by atoms with Crippen molar-refractivity contribution in [2.75, 3.05) is 33.4 Å². The minimum absolute atomic E-state index is 0.0811. The van der Waals surface area contributed by atoms with Gasteiger partial charge in [-0.25, -0.2) is 0 Å². The van der Waals surface area contributed by atoms with Crippen molar-refractivity contribution >= 4 is 0 Å². The van der Waals surface area contributed by atoms with Crippen LogP contribution >= 0.6 is 0 Å². The van der Waals surface area contributed by atoms with Crippen LogP contribution in [0.4, 0.5) is 0 Å². The molecule has 0 rings (SSSR count). The van der Waals surface area contributed by atoms with E-state index in [2.05, 4.69) is 5.32 Å². The Kier molecular flexibility index (Phi) is 7.83. The van der Waals surface area contributed by atoms with Crippen molar-refractivity contribution in [1.82, 2.24) is 5.32 Å². The molecule has 1 unspecified atom stereocenters. The molecule has 0 saturated heterocycles. The summed E-state index contributed by atoms with van der Waals surface area (Å²) in [5.41, 5.74) is 10.9. The molecule has 0 aliphatic rings. The van der Waals surface area contributed by atoms with E-state index in [1.807, 2.05) is 0 Å². The largest absolute Gasteiger partial charge is 0.385 e. The van der Waals surface area contributed by atoms with Gasteiger partial charge in [0.15, 0.2) is 0 Å². The minimum Gasteiger partial charge on any atom is -0.385 e. The lowest BCUT2D eigenvalue weighted by molar-refractivity contribution is 0.194. The zero-order valence-corrected chi connectivity index (χ0v) is 7.18. The van der Waals surface area contributed by atoms with Gasteiger partial charge in [0.05, 0.1) is 0 Å². The number of methoxy groups -OCH3 is 1.